The Labute approximate surface area is 500 Å². The zero-order valence-electron chi connectivity index (χ0n) is 48.6. The summed E-state index contributed by atoms with van der Waals surface area (Å²) in [6.45, 7) is 15.7. The van der Waals surface area contributed by atoms with Crippen LogP contribution >= 0.6 is 0 Å². The number of aliphatic hydroxyl groups is 8. The summed E-state index contributed by atoms with van der Waals surface area (Å²) >= 11 is 0. The SMILES string of the molecule is CO[C@@H]1[C@@H](O)[C@H](O[C@@H]2[C@@H](O)[C@H](O[C@H]3[C@H](O)[C@@H](O)[C@H](O[C@H]4[C@H](O[C@H]5CC[C@]6(C)[C@H]7CC[C@]89C(=O)O[C@@](C)(CCC=C(C)C)[C@H]8[C@@H](OC(C)=O)C[C@@]9(C)C7=CC[C@H]6C5(C)C)OC[C@@H](OS(=O)(=O)[O-])[C@@H]4O)O[C@@H]3C)OC[C@H]2O)O[C@H](CO)[C@H]1O.[Na+]. The molecule has 27 heteroatoms. The second-order valence-corrected chi connectivity index (χ2v) is 26.6. The summed E-state index contributed by atoms with van der Waals surface area (Å²) in [5, 5.41) is 88.3. The fourth-order valence-electron chi connectivity index (χ4n) is 16.3. The van der Waals surface area contributed by atoms with Crippen molar-refractivity contribution in [3.05, 3.63) is 23.3 Å². The third-order valence-electron chi connectivity index (χ3n) is 20.2. The van der Waals surface area contributed by atoms with Crippen LogP contribution in [0.3, 0.4) is 0 Å². The van der Waals surface area contributed by atoms with Crippen LogP contribution in [-0.4, -0.2) is 221 Å². The molecule has 0 aromatic rings. The molecule has 25 nitrogen and oxygen atoms in total. The van der Waals surface area contributed by atoms with Crippen molar-refractivity contribution in [3.63, 3.8) is 0 Å². The second kappa shape index (κ2) is 24.9. The maximum absolute atomic E-state index is 14.7. The van der Waals surface area contributed by atoms with Crippen LogP contribution in [0.1, 0.15) is 114 Å². The minimum absolute atomic E-state index is 0. The van der Waals surface area contributed by atoms with E-state index in [1.165, 1.54) is 26.5 Å². The van der Waals surface area contributed by atoms with Gasteiger partial charge >= 0.3 is 41.5 Å². The first-order valence-electron chi connectivity index (χ1n) is 28.3. The van der Waals surface area contributed by atoms with Crippen LogP contribution in [0.2, 0.25) is 0 Å². The first-order valence-corrected chi connectivity index (χ1v) is 29.7. The van der Waals surface area contributed by atoms with Gasteiger partial charge in [0.15, 0.2) is 25.2 Å². The summed E-state index contributed by atoms with van der Waals surface area (Å²) in [6.07, 6.45) is -21.3. The Bertz CT molecular complexity index is 2460. The number of aliphatic hydroxyl groups excluding tert-OH is 8. The Morgan fingerprint density at radius 1 is 0.780 bits per heavy atom. The molecule has 27 atom stereocenters. The predicted molar refractivity (Wildman–Crippen MR) is 274 cm³/mol. The molecule has 0 unspecified atom stereocenters. The van der Waals surface area contributed by atoms with Crippen molar-refractivity contribution in [2.45, 2.75) is 242 Å². The van der Waals surface area contributed by atoms with Crippen molar-refractivity contribution in [3.8, 4) is 0 Å². The van der Waals surface area contributed by atoms with Gasteiger partial charge in [-0.05, 0) is 102 Å². The second-order valence-electron chi connectivity index (χ2n) is 25.6. The van der Waals surface area contributed by atoms with Crippen LogP contribution in [0.15, 0.2) is 23.3 Å². The van der Waals surface area contributed by atoms with E-state index >= 15 is 0 Å². The summed E-state index contributed by atoms with van der Waals surface area (Å²) in [5.41, 5.74) is -1.06. The van der Waals surface area contributed by atoms with Crippen LogP contribution in [0.5, 0.6) is 0 Å². The van der Waals surface area contributed by atoms with Crippen LogP contribution in [0.25, 0.3) is 0 Å². The molecule has 0 bridgehead atoms. The van der Waals surface area contributed by atoms with Gasteiger partial charge in [0.1, 0.15) is 91.1 Å². The molecular formula is C55H85NaO25S. The summed E-state index contributed by atoms with van der Waals surface area (Å²) in [4.78, 5) is 27.4. The van der Waals surface area contributed by atoms with Crippen molar-refractivity contribution >= 4 is 22.3 Å². The number of hydrogen-bond acceptors (Lipinski definition) is 25. The molecule has 5 saturated heterocycles. The maximum Gasteiger partial charge on any atom is 1.00 e. The number of carbonyl (C=O) groups is 2. The van der Waals surface area contributed by atoms with Gasteiger partial charge in [-0.15, -0.1) is 0 Å². The fourth-order valence-corrected chi connectivity index (χ4v) is 16.7. The van der Waals surface area contributed by atoms with Gasteiger partial charge < -0.3 is 97.5 Å². The number of esters is 2. The molecule has 5 heterocycles. The number of cyclic esters (lactones) is 1. The summed E-state index contributed by atoms with van der Waals surface area (Å²) in [5.74, 6) is -0.985. The van der Waals surface area contributed by atoms with Crippen molar-refractivity contribution in [2.75, 3.05) is 26.9 Å². The molecule has 8 N–H and O–H groups in total. The van der Waals surface area contributed by atoms with E-state index in [2.05, 4.69) is 44.0 Å². The average molecular weight is 1200 g/mol. The van der Waals surface area contributed by atoms with E-state index in [0.717, 1.165) is 5.57 Å². The Balaban J connectivity index is 0.00000880. The largest absolute Gasteiger partial charge is 1.00 e. The molecule has 3 saturated carbocycles. The third-order valence-corrected chi connectivity index (χ3v) is 20.6. The molecule has 4 aliphatic carbocycles. The molecule has 0 amide bonds. The van der Waals surface area contributed by atoms with E-state index in [-0.39, 0.29) is 58.7 Å². The normalized spacial score (nSPS) is 48.9. The van der Waals surface area contributed by atoms with E-state index < -0.39 is 181 Å². The predicted octanol–water partition coefficient (Wildman–Crippen LogP) is -2.72. The number of carbonyl (C=O) groups excluding carboxylic acids is 2. The Hall–Kier alpha value is -1.39. The first-order chi connectivity index (χ1) is 37.9. The third kappa shape index (κ3) is 11.8. The minimum Gasteiger partial charge on any atom is -0.726 e. The van der Waals surface area contributed by atoms with Crippen molar-refractivity contribution in [1.82, 2.24) is 0 Å². The van der Waals surface area contributed by atoms with Crippen molar-refractivity contribution in [2.24, 2.45) is 39.4 Å². The Kier molecular flexibility index (Phi) is 20.2. The van der Waals surface area contributed by atoms with Gasteiger partial charge in [-0.3, -0.25) is 13.8 Å². The molecule has 1 spiro atoms. The van der Waals surface area contributed by atoms with Crippen LogP contribution < -0.4 is 29.6 Å². The molecule has 0 aromatic carbocycles. The van der Waals surface area contributed by atoms with E-state index in [1.54, 1.807) is 0 Å². The Morgan fingerprint density at radius 3 is 2.07 bits per heavy atom. The van der Waals surface area contributed by atoms with Crippen LogP contribution in [0, 0.1) is 39.4 Å². The molecule has 0 radical (unpaired) electrons. The number of hydrogen-bond donors (Lipinski definition) is 8. The molecule has 8 fully saturated rings. The van der Waals surface area contributed by atoms with E-state index in [0.29, 0.717) is 51.4 Å². The van der Waals surface area contributed by atoms with Gasteiger partial charge in [-0.2, -0.15) is 0 Å². The summed E-state index contributed by atoms with van der Waals surface area (Å²) in [6, 6.07) is 0. The van der Waals surface area contributed by atoms with Gasteiger partial charge in [0.2, 0.25) is 10.4 Å². The average Bonchev–Trinajstić information content (AvgIpc) is 1.52. The van der Waals surface area contributed by atoms with Crippen LogP contribution in [-0.2, 0) is 76.3 Å². The van der Waals surface area contributed by atoms with Crippen LogP contribution in [0.4, 0.5) is 0 Å². The molecule has 5 aliphatic heterocycles. The Morgan fingerprint density at radius 2 is 1.43 bits per heavy atom. The molecule has 9 aliphatic rings. The minimum atomic E-state index is -5.41. The molecule has 9 rings (SSSR count). The number of ether oxygens (including phenoxy) is 11. The fraction of sp³-hybridized carbons (Fsp3) is 0.891. The van der Waals surface area contributed by atoms with Gasteiger partial charge in [-0.25, -0.2) is 8.42 Å². The zero-order valence-corrected chi connectivity index (χ0v) is 51.5. The standard InChI is InChI=1S/C55H86O25S.Na/c1-24(2)12-11-17-54(9)45-30(73-26(4)57)20-53(8)28-13-14-33-51(5,6)34(16-18-52(33,7)27(28)15-19-55(45,53)50(65)79-54)75-49-44(36(60)32(23-71-49)80-81(66,67)68)78-47-38(62)37(61)41(25(3)72-47)76-46-39(63)42(29(58)22-70-46)77-48-40(64)43(69-10)35(59)31(21-56)74-48;/h12-13,25,27,29-49,56,58-64H,11,14-23H2,1-10H3,(H,66,67,68);/q;+1/p-1/t25-,27+,29-,30+,31-,32-,33+,34+,35-,36+,37-,38-,39-,40-,41-,42+,43+,44-,45-,46+,47+,48+,49+,52-,53+,54+,55-;/m1./s1. The van der Waals surface area contributed by atoms with Gasteiger partial charge in [0.05, 0.1) is 43.4 Å². The molecule has 462 valence electrons. The van der Waals surface area contributed by atoms with E-state index in [9.17, 15) is 63.4 Å². The number of fused-ring (bicyclic) bond motifs is 4. The maximum atomic E-state index is 14.7. The van der Waals surface area contributed by atoms with Gasteiger partial charge in [0.25, 0.3) is 0 Å². The number of allylic oxidation sites excluding steroid dienone is 4. The van der Waals surface area contributed by atoms with Crippen molar-refractivity contribution in [1.29, 1.82) is 0 Å². The summed E-state index contributed by atoms with van der Waals surface area (Å²) < 4.78 is 106. The van der Waals surface area contributed by atoms with Crippen molar-refractivity contribution < 1.29 is 149 Å². The topological polar surface area (TPSA) is 364 Å². The molecule has 0 aromatic heterocycles. The van der Waals surface area contributed by atoms with E-state index in [4.69, 9.17) is 52.1 Å². The number of methoxy groups -OCH3 is 1. The summed E-state index contributed by atoms with van der Waals surface area (Å²) in [7, 11) is -4.20. The first kappa shape index (κ1) is 66.6. The quantitative estimate of drug-likeness (QED) is 0.0256. The molecular weight excluding hydrogens is 1120 g/mol. The van der Waals surface area contributed by atoms with Gasteiger partial charge in [0, 0.05) is 19.4 Å². The monoisotopic (exact) mass is 1200 g/mol. The molecule has 82 heavy (non-hydrogen) atoms. The number of rotatable bonds is 16. The smallest absolute Gasteiger partial charge is 0.726 e. The van der Waals surface area contributed by atoms with Gasteiger partial charge in [-0.1, -0.05) is 51.0 Å². The van der Waals surface area contributed by atoms with E-state index in [1.807, 2.05) is 20.8 Å². The zero-order chi connectivity index (χ0) is 59.3.